The van der Waals surface area contributed by atoms with E-state index in [0.717, 1.165) is 23.5 Å². The topological polar surface area (TPSA) is 76.4 Å². The molecule has 16 heavy (non-hydrogen) atoms. The van der Waals surface area contributed by atoms with E-state index in [1.54, 1.807) is 0 Å². The Labute approximate surface area is 101 Å². The van der Waals surface area contributed by atoms with Crippen LogP contribution in [0.3, 0.4) is 0 Å². The zero-order chi connectivity index (χ0) is 12.0. The number of benzene rings is 1. The highest BCUT2D eigenvalue weighted by Gasteiger charge is 2.01. The second kappa shape index (κ2) is 6.40. The molecule has 0 saturated heterocycles. The second-order valence-electron chi connectivity index (χ2n) is 3.23. The van der Waals surface area contributed by atoms with Crippen molar-refractivity contribution in [2.45, 2.75) is 13.5 Å². The first-order valence-electron chi connectivity index (χ1n) is 5.16. The molecule has 5 N–H and O–H groups in total. The molecular formula is C11H18N4S. The van der Waals surface area contributed by atoms with E-state index in [4.69, 9.17) is 11.5 Å². The third kappa shape index (κ3) is 3.43. The summed E-state index contributed by atoms with van der Waals surface area (Å²) >= 11 is 1.43. The highest BCUT2D eigenvalue weighted by atomic mass is 32.2. The van der Waals surface area contributed by atoms with Gasteiger partial charge in [-0.05, 0) is 36.9 Å². The molecular weight excluding hydrogens is 220 g/mol. The Hall–Kier alpha value is -1.20. The van der Waals surface area contributed by atoms with Crippen LogP contribution >= 0.6 is 11.8 Å². The summed E-state index contributed by atoms with van der Waals surface area (Å²) in [7, 11) is 0. The van der Waals surface area contributed by atoms with Crippen molar-refractivity contribution in [3.05, 3.63) is 23.8 Å². The summed E-state index contributed by atoms with van der Waals surface area (Å²) in [4.78, 5) is 4.26. The molecule has 0 fully saturated rings. The Bertz CT molecular complexity index is 376. The van der Waals surface area contributed by atoms with Crippen LogP contribution in [0.4, 0.5) is 11.4 Å². The predicted octanol–water partition coefficient (Wildman–Crippen LogP) is 1.89. The van der Waals surface area contributed by atoms with Crippen molar-refractivity contribution in [3.63, 3.8) is 0 Å². The SMILES string of the molecule is CCNc1ccc(N=C(N)SC)cc1CN. The van der Waals surface area contributed by atoms with E-state index in [9.17, 15) is 0 Å². The lowest BCUT2D eigenvalue weighted by molar-refractivity contribution is 1.06. The molecule has 88 valence electrons. The third-order valence-corrected chi connectivity index (χ3v) is 2.63. The molecule has 1 aromatic rings. The number of nitrogens with two attached hydrogens (primary N) is 2. The third-order valence-electron chi connectivity index (χ3n) is 2.12. The van der Waals surface area contributed by atoms with E-state index in [0.29, 0.717) is 11.7 Å². The minimum Gasteiger partial charge on any atom is -0.385 e. The van der Waals surface area contributed by atoms with Gasteiger partial charge in [-0.1, -0.05) is 11.8 Å². The maximum absolute atomic E-state index is 5.69. The Morgan fingerprint density at radius 2 is 2.25 bits per heavy atom. The molecule has 0 aliphatic carbocycles. The van der Waals surface area contributed by atoms with Crippen LogP contribution in [0.15, 0.2) is 23.2 Å². The number of rotatable bonds is 4. The molecule has 0 aromatic heterocycles. The summed E-state index contributed by atoms with van der Waals surface area (Å²) in [6.07, 6.45) is 1.90. The van der Waals surface area contributed by atoms with Crippen LogP contribution in [0.5, 0.6) is 0 Å². The van der Waals surface area contributed by atoms with Crippen LogP contribution in [-0.4, -0.2) is 18.0 Å². The summed E-state index contributed by atoms with van der Waals surface area (Å²) in [6, 6.07) is 5.87. The smallest absolute Gasteiger partial charge is 0.158 e. The maximum atomic E-state index is 5.69. The number of hydrogen-bond acceptors (Lipinski definition) is 4. The van der Waals surface area contributed by atoms with Gasteiger partial charge in [0.15, 0.2) is 5.17 Å². The second-order valence-corrected chi connectivity index (χ2v) is 4.06. The van der Waals surface area contributed by atoms with Gasteiger partial charge in [-0.25, -0.2) is 4.99 Å². The fourth-order valence-electron chi connectivity index (χ4n) is 1.35. The minimum absolute atomic E-state index is 0.491. The van der Waals surface area contributed by atoms with Gasteiger partial charge >= 0.3 is 0 Å². The van der Waals surface area contributed by atoms with Crippen LogP contribution in [0.1, 0.15) is 12.5 Å². The molecule has 0 bridgehead atoms. The van der Waals surface area contributed by atoms with Crippen molar-refractivity contribution >= 4 is 28.3 Å². The van der Waals surface area contributed by atoms with Gasteiger partial charge in [0, 0.05) is 18.8 Å². The lowest BCUT2D eigenvalue weighted by Crippen LogP contribution is -2.06. The van der Waals surface area contributed by atoms with Gasteiger partial charge in [-0.15, -0.1) is 0 Å². The lowest BCUT2D eigenvalue weighted by Gasteiger charge is -2.09. The van der Waals surface area contributed by atoms with Gasteiger partial charge < -0.3 is 16.8 Å². The molecule has 0 aliphatic heterocycles. The summed E-state index contributed by atoms with van der Waals surface area (Å²) in [5.41, 5.74) is 14.3. The Morgan fingerprint density at radius 1 is 1.50 bits per heavy atom. The first-order chi connectivity index (χ1) is 7.71. The largest absolute Gasteiger partial charge is 0.385 e. The molecule has 0 atom stereocenters. The number of nitrogens with zero attached hydrogens (tertiary/aromatic N) is 1. The van der Waals surface area contributed by atoms with Crippen molar-refractivity contribution in [2.24, 2.45) is 16.5 Å². The van der Waals surface area contributed by atoms with E-state index in [1.807, 2.05) is 24.5 Å². The highest BCUT2D eigenvalue weighted by Crippen LogP contribution is 2.22. The molecule has 1 rings (SSSR count). The first kappa shape index (κ1) is 12.9. The zero-order valence-electron chi connectivity index (χ0n) is 9.66. The summed E-state index contributed by atoms with van der Waals surface area (Å²) in [6.45, 7) is 3.42. The molecule has 5 heteroatoms. The monoisotopic (exact) mass is 238 g/mol. The van der Waals surface area contributed by atoms with Crippen molar-refractivity contribution in [3.8, 4) is 0 Å². The average molecular weight is 238 g/mol. The average Bonchev–Trinajstić information content (AvgIpc) is 2.31. The van der Waals surface area contributed by atoms with Crippen LogP contribution in [0, 0.1) is 0 Å². The lowest BCUT2D eigenvalue weighted by atomic mass is 10.1. The maximum Gasteiger partial charge on any atom is 0.158 e. The predicted molar refractivity (Wildman–Crippen MR) is 73.3 cm³/mol. The number of nitrogens with one attached hydrogen (secondary N) is 1. The molecule has 0 saturated carbocycles. The number of anilines is 1. The van der Waals surface area contributed by atoms with Gasteiger partial charge in [-0.3, -0.25) is 0 Å². The normalized spacial score (nSPS) is 11.6. The highest BCUT2D eigenvalue weighted by molar-refractivity contribution is 8.13. The van der Waals surface area contributed by atoms with Crippen molar-refractivity contribution < 1.29 is 0 Å². The molecule has 0 spiro atoms. The molecule has 0 radical (unpaired) electrons. The van der Waals surface area contributed by atoms with Gasteiger partial charge in [-0.2, -0.15) is 0 Å². The van der Waals surface area contributed by atoms with Crippen LogP contribution in [0.25, 0.3) is 0 Å². The van der Waals surface area contributed by atoms with Gasteiger partial charge in [0.1, 0.15) is 0 Å². The Kier molecular flexibility index (Phi) is 5.14. The van der Waals surface area contributed by atoms with Gasteiger partial charge in [0.25, 0.3) is 0 Å². The number of amidine groups is 1. The molecule has 0 unspecified atom stereocenters. The molecule has 1 aromatic carbocycles. The summed E-state index contributed by atoms with van der Waals surface area (Å²) < 4.78 is 0. The summed E-state index contributed by atoms with van der Waals surface area (Å²) in [5, 5.41) is 3.81. The van der Waals surface area contributed by atoms with Gasteiger partial charge in [0.05, 0.1) is 5.69 Å². The van der Waals surface area contributed by atoms with Crippen molar-refractivity contribution in [1.29, 1.82) is 0 Å². The minimum atomic E-state index is 0.491. The summed E-state index contributed by atoms with van der Waals surface area (Å²) in [5.74, 6) is 0. The Morgan fingerprint density at radius 3 is 2.81 bits per heavy atom. The van der Waals surface area contributed by atoms with Gasteiger partial charge in [0.2, 0.25) is 0 Å². The number of hydrogen-bond donors (Lipinski definition) is 3. The molecule has 0 aliphatic rings. The van der Waals surface area contributed by atoms with Crippen molar-refractivity contribution in [1.82, 2.24) is 0 Å². The quantitative estimate of drug-likeness (QED) is 0.553. The van der Waals surface area contributed by atoms with Crippen LogP contribution < -0.4 is 16.8 Å². The van der Waals surface area contributed by atoms with E-state index in [2.05, 4.69) is 17.2 Å². The zero-order valence-corrected chi connectivity index (χ0v) is 10.5. The van der Waals surface area contributed by atoms with E-state index < -0.39 is 0 Å². The van der Waals surface area contributed by atoms with Crippen LogP contribution in [0.2, 0.25) is 0 Å². The Balaban J connectivity index is 2.99. The van der Waals surface area contributed by atoms with E-state index in [1.165, 1.54) is 11.8 Å². The van der Waals surface area contributed by atoms with E-state index in [-0.39, 0.29) is 0 Å². The molecule has 0 heterocycles. The van der Waals surface area contributed by atoms with Crippen LogP contribution in [-0.2, 0) is 6.54 Å². The van der Waals surface area contributed by atoms with E-state index >= 15 is 0 Å². The standard InChI is InChI=1S/C11H18N4S/c1-3-14-10-5-4-9(6-8(10)7-12)15-11(13)16-2/h4-6,14H,3,7,12H2,1-2H3,(H2,13,15). The first-order valence-corrected chi connectivity index (χ1v) is 6.38. The number of aliphatic imine (C=N–C) groups is 1. The fraction of sp³-hybridized carbons (Fsp3) is 0.364. The van der Waals surface area contributed by atoms with Crippen molar-refractivity contribution in [2.75, 3.05) is 18.1 Å². The number of thioether (sulfide) groups is 1. The molecule has 4 nitrogen and oxygen atoms in total. The fourth-order valence-corrected chi connectivity index (χ4v) is 1.55. The molecule has 0 amide bonds.